The van der Waals surface area contributed by atoms with Crippen LogP contribution < -0.4 is 11.1 Å². The number of carbonyl (C=O) groups is 2. The summed E-state index contributed by atoms with van der Waals surface area (Å²) in [4.78, 5) is 31.0. The molecule has 0 saturated heterocycles. The zero-order valence-corrected chi connectivity index (χ0v) is 20.7. The molecule has 39 heavy (non-hydrogen) atoms. The molecule has 1 aliphatic heterocycles. The minimum Gasteiger partial charge on any atom is -0.354 e. The molecule has 0 radical (unpaired) electrons. The van der Waals surface area contributed by atoms with Crippen LogP contribution >= 0.6 is 0 Å². The first-order valence-corrected chi connectivity index (χ1v) is 12.0. The number of carbonyl (C=O) groups excluding carboxylic acids is 2. The lowest BCUT2D eigenvalue weighted by Crippen LogP contribution is -2.46. The van der Waals surface area contributed by atoms with Gasteiger partial charge in [-0.2, -0.15) is 13.2 Å². The van der Waals surface area contributed by atoms with E-state index in [-0.39, 0.29) is 43.6 Å². The highest BCUT2D eigenvalue weighted by molar-refractivity contribution is 5.94. The molecule has 1 unspecified atom stereocenters. The van der Waals surface area contributed by atoms with Crippen molar-refractivity contribution in [1.29, 1.82) is 0 Å². The summed E-state index contributed by atoms with van der Waals surface area (Å²) >= 11 is 0. The van der Waals surface area contributed by atoms with Crippen molar-refractivity contribution in [3.63, 3.8) is 0 Å². The predicted octanol–water partition coefficient (Wildman–Crippen LogP) is 3.76. The van der Waals surface area contributed by atoms with Crippen LogP contribution in [0.4, 0.5) is 26.3 Å². The first kappa shape index (κ1) is 28.1. The number of nitrogens with one attached hydrogen (secondary N) is 1. The Balaban J connectivity index is 1.68. The Kier molecular flexibility index (Phi) is 8.00. The minimum absolute atomic E-state index is 0.0645. The summed E-state index contributed by atoms with van der Waals surface area (Å²) in [6.07, 6.45) is -5.42. The lowest BCUT2D eigenvalue weighted by atomic mass is 9.96. The Morgan fingerprint density at radius 3 is 2.38 bits per heavy atom. The number of halogens is 6. The number of benzene rings is 2. The topological polar surface area (TPSA) is 93.2 Å². The van der Waals surface area contributed by atoms with Crippen LogP contribution in [0.1, 0.15) is 45.6 Å². The van der Waals surface area contributed by atoms with Crippen LogP contribution in [0.3, 0.4) is 0 Å². The molecule has 7 nitrogen and oxygen atoms in total. The number of fused-ring (bicyclic) bond motifs is 1. The van der Waals surface area contributed by atoms with E-state index in [1.165, 1.54) is 11.9 Å². The average molecular weight is 554 g/mol. The van der Waals surface area contributed by atoms with E-state index in [2.05, 4.69) is 10.3 Å². The lowest BCUT2D eigenvalue weighted by molar-refractivity contribution is -0.148. The first-order chi connectivity index (χ1) is 18.4. The van der Waals surface area contributed by atoms with Gasteiger partial charge in [-0.3, -0.25) is 9.59 Å². The molecule has 2 heterocycles. The number of amides is 2. The Morgan fingerprint density at radius 2 is 1.74 bits per heavy atom. The quantitative estimate of drug-likeness (QED) is 0.344. The van der Waals surface area contributed by atoms with Crippen molar-refractivity contribution >= 4 is 11.8 Å². The van der Waals surface area contributed by atoms with Gasteiger partial charge in [0.2, 0.25) is 11.7 Å². The summed E-state index contributed by atoms with van der Waals surface area (Å²) < 4.78 is 83.4. The van der Waals surface area contributed by atoms with E-state index < -0.39 is 59.0 Å². The predicted molar refractivity (Wildman–Crippen MR) is 128 cm³/mol. The molecule has 0 fully saturated rings. The van der Waals surface area contributed by atoms with Gasteiger partial charge < -0.3 is 20.5 Å². The number of imidazole rings is 1. The highest BCUT2D eigenvalue weighted by Gasteiger charge is 2.44. The standard InChI is InChI=1S/C26H25F6N5O2/c1-34-24(39)22-23-20(9-14-5-3-2-4-6-14)36(7-8-37(23)25(35-22)26(30,31)32)21(38)12-16(33)10-15-11-18(28)19(29)13-17(15)27/h2-6,11,13,16,20H,7-10,12,33H2,1H3,(H,34,39)/t16-,20?/m1/s1. The molecule has 3 aromatic rings. The molecule has 0 aliphatic carbocycles. The summed E-state index contributed by atoms with van der Waals surface area (Å²) in [5, 5.41) is 2.30. The summed E-state index contributed by atoms with van der Waals surface area (Å²) in [5.74, 6) is -6.29. The van der Waals surface area contributed by atoms with Crippen molar-refractivity contribution in [1.82, 2.24) is 19.8 Å². The Bertz CT molecular complexity index is 1380. The highest BCUT2D eigenvalue weighted by Crippen LogP contribution is 2.38. The zero-order valence-electron chi connectivity index (χ0n) is 20.7. The molecule has 0 spiro atoms. The number of nitrogens with zero attached hydrogens (tertiary/aromatic N) is 3. The molecule has 4 rings (SSSR count). The molecule has 2 aromatic carbocycles. The Hall–Kier alpha value is -3.87. The number of hydrogen-bond donors (Lipinski definition) is 2. The van der Waals surface area contributed by atoms with Crippen LogP contribution in [0.15, 0.2) is 42.5 Å². The van der Waals surface area contributed by atoms with Crippen molar-refractivity contribution in [3.05, 3.63) is 88.3 Å². The average Bonchev–Trinajstić information content (AvgIpc) is 3.28. The second-order valence-electron chi connectivity index (χ2n) is 9.22. The number of aromatic nitrogens is 2. The van der Waals surface area contributed by atoms with Gasteiger partial charge in [-0.15, -0.1) is 0 Å². The fraction of sp³-hybridized carbons (Fsp3) is 0.346. The summed E-state index contributed by atoms with van der Waals surface area (Å²) in [6, 6.07) is 7.73. The Morgan fingerprint density at radius 1 is 1.08 bits per heavy atom. The van der Waals surface area contributed by atoms with E-state index in [9.17, 15) is 35.9 Å². The van der Waals surface area contributed by atoms with Gasteiger partial charge in [0.25, 0.3) is 5.91 Å². The van der Waals surface area contributed by atoms with Gasteiger partial charge in [-0.05, 0) is 30.0 Å². The number of alkyl halides is 3. The third-order valence-corrected chi connectivity index (χ3v) is 6.56. The van der Waals surface area contributed by atoms with Crippen LogP contribution in [0, 0.1) is 17.5 Å². The van der Waals surface area contributed by atoms with Crippen molar-refractivity contribution in [3.8, 4) is 0 Å². The molecule has 13 heteroatoms. The SMILES string of the molecule is CNC(=O)c1nc(C(F)(F)F)n2c1C(Cc1ccccc1)N(C(=O)C[C@H](N)Cc1cc(F)c(F)cc1F)CC2. The molecule has 2 atom stereocenters. The maximum Gasteiger partial charge on any atom is 0.449 e. The van der Waals surface area contributed by atoms with Gasteiger partial charge in [0.1, 0.15) is 5.82 Å². The van der Waals surface area contributed by atoms with Crippen LogP contribution in [0.5, 0.6) is 0 Å². The van der Waals surface area contributed by atoms with Crippen LogP contribution in [0.2, 0.25) is 0 Å². The van der Waals surface area contributed by atoms with Gasteiger partial charge in [-0.25, -0.2) is 18.2 Å². The smallest absolute Gasteiger partial charge is 0.354 e. The summed E-state index contributed by atoms with van der Waals surface area (Å²) in [6.45, 7) is -0.416. The van der Waals surface area contributed by atoms with E-state index in [0.717, 1.165) is 4.57 Å². The fourth-order valence-corrected chi connectivity index (χ4v) is 4.80. The zero-order chi connectivity index (χ0) is 28.5. The molecule has 208 valence electrons. The minimum atomic E-state index is -4.85. The second-order valence-corrected chi connectivity index (χ2v) is 9.22. The summed E-state index contributed by atoms with van der Waals surface area (Å²) in [5.41, 5.74) is 6.03. The van der Waals surface area contributed by atoms with E-state index in [1.54, 1.807) is 30.3 Å². The van der Waals surface area contributed by atoms with Crippen LogP contribution in [0.25, 0.3) is 0 Å². The monoisotopic (exact) mass is 553 g/mol. The third kappa shape index (κ3) is 5.92. The van der Waals surface area contributed by atoms with Crippen LogP contribution in [-0.4, -0.2) is 45.9 Å². The normalized spacial score (nSPS) is 16.1. The maximum atomic E-state index is 14.1. The van der Waals surface area contributed by atoms with Crippen molar-refractivity contribution in [2.45, 2.75) is 44.1 Å². The number of hydrogen-bond acceptors (Lipinski definition) is 4. The van der Waals surface area contributed by atoms with Crippen molar-refractivity contribution in [2.75, 3.05) is 13.6 Å². The molecular weight excluding hydrogens is 528 g/mol. The molecule has 1 aromatic heterocycles. The largest absolute Gasteiger partial charge is 0.449 e. The first-order valence-electron chi connectivity index (χ1n) is 12.0. The van der Waals surface area contributed by atoms with E-state index >= 15 is 0 Å². The van der Waals surface area contributed by atoms with E-state index in [4.69, 9.17) is 5.73 Å². The maximum absolute atomic E-state index is 14.1. The number of nitrogens with two attached hydrogens (primary N) is 1. The summed E-state index contributed by atoms with van der Waals surface area (Å²) in [7, 11) is 1.26. The highest BCUT2D eigenvalue weighted by atomic mass is 19.4. The van der Waals surface area contributed by atoms with Gasteiger partial charge in [-0.1, -0.05) is 30.3 Å². The van der Waals surface area contributed by atoms with Crippen molar-refractivity contribution < 1.29 is 35.9 Å². The van der Waals surface area contributed by atoms with Gasteiger partial charge in [0.15, 0.2) is 17.3 Å². The third-order valence-electron chi connectivity index (χ3n) is 6.56. The molecule has 0 saturated carbocycles. The van der Waals surface area contributed by atoms with Gasteiger partial charge in [0.05, 0.1) is 11.7 Å². The van der Waals surface area contributed by atoms with Crippen LogP contribution in [-0.2, 0) is 30.4 Å². The lowest BCUT2D eigenvalue weighted by Gasteiger charge is -2.38. The van der Waals surface area contributed by atoms with Crippen molar-refractivity contribution in [2.24, 2.45) is 5.73 Å². The van der Waals surface area contributed by atoms with Gasteiger partial charge in [0, 0.05) is 38.7 Å². The second kappa shape index (κ2) is 11.1. The molecular formula is C26H25F6N5O2. The van der Waals surface area contributed by atoms with Gasteiger partial charge >= 0.3 is 6.18 Å². The van der Waals surface area contributed by atoms with E-state index in [0.29, 0.717) is 17.7 Å². The fourth-order valence-electron chi connectivity index (χ4n) is 4.80. The molecule has 2 amide bonds. The number of rotatable bonds is 7. The Labute approximate surface area is 219 Å². The molecule has 0 bridgehead atoms. The van der Waals surface area contributed by atoms with E-state index in [1.807, 2.05) is 0 Å². The molecule has 3 N–H and O–H groups in total. The molecule has 1 aliphatic rings.